The molecule has 1 aromatic carbocycles. The van der Waals surface area contributed by atoms with Gasteiger partial charge in [0.15, 0.2) is 11.5 Å². The first-order valence-corrected chi connectivity index (χ1v) is 5.21. The van der Waals surface area contributed by atoms with Crippen molar-refractivity contribution in [1.82, 2.24) is 0 Å². The van der Waals surface area contributed by atoms with Crippen LogP contribution < -0.4 is 9.47 Å². The predicted octanol–water partition coefficient (Wildman–Crippen LogP) is 2.86. The number of hydrogen-bond donors (Lipinski definition) is 1. The molecule has 0 aliphatic carbocycles. The van der Waals surface area contributed by atoms with E-state index in [2.05, 4.69) is 19.7 Å². The zero-order valence-electron chi connectivity index (χ0n) is 10.7. The number of carboxylic acids is 1. The molecule has 0 saturated heterocycles. The van der Waals surface area contributed by atoms with Crippen molar-refractivity contribution in [2.75, 3.05) is 14.2 Å². The first-order chi connectivity index (χ1) is 8.63. The van der Waals surface area contributed by atoms with Crippen molar-refractivity contribution in [3.8, 4) is 11.5 Å². The van der Waals surface area contributed by atoms with Gasteiger partial charge in [0.05, 0.1) is 20.1 Å². The van der Waals surface area contributed by atoms with Crippen molar-refractivity contribution in [3.63, 3.8) is 0 Å². The van der Waals surface area contributed by atoms with Crippen molar-refractivity contribution in [2.45, 2.75) is 5.92 Å². The van der Waals surface area contributed by atoms with Gasteiger partial charge in [0.25, 0.3) is 0 Å². The van der Waals surface area contributed by atoms with Crippen LogP contribution in [0.3, 0.4) is 0 Å². The second kappa shape index (κ2) is 7.95. The third-order valence-electron chi connectivity index (χ3n) is 2.27. The number of benzene rings is 1. The Hall–Kier alpha value is -2.23. The summed E-state index contributed by atoms with van der Waals surface area (Å²) in [6.45, 7) is 9.50. The second-order valence-electron chi connectivity index (χ2n) is 3.17. The fraction of sp³-hybridized carbons (Fsp3) is 0.214. The summed E-state index contributed by atoms with van der Waals surface area (Å²) in [7, 11) is 3.03. The summed E-state index contributed by atoms with van der Waals surface area (Å²) in [5.74, 6) is -0.602. The molecule has 0 fully saturated rings. The van der Waals surface area contributed by atoms with Gasteiger partial charge in [-0.2, -0.15) is 0 Å². The molecular formula is C14H18O4. The van der Waals surface area contributed by atoms with Crippen LogP contribution in [-0.2, 0) is 4.79 Å². The lowest BCUT2D eigenvalue weighted by atomic mass is 9.99. The minimum absolute atomic E-state index is 0.508. The molecule has 0 spiro atoms. The number of carboxylic acid groups (broad SMARTS) is 1. The van der Waals surface area contributed by atoms with E-state index in [0.29, 0.717) is 17.1 Å². The Bertz CT molecular complexity index is 412. The second-order valence-corrected chi connectivity index (χ2v) is 3.17. The summed E-state index contributed by atoms with van der Waals surface area (Å²) < 4.78 is 10.2. The van der Waals surface area contributed by atoms with Gasteiger partial charge in [0, 0.05) is 0 Å². The van der Waals surface area contributed by atoms with Gasteiger partial charge in [-0.15, -0.1) is 19.7 Å². The average molecular weight is 250 g/mol. The molecule has 1 unspecified atom stereocenters. The molecule has 0 aromatic heterocycles. The van der Waals surface area contributed by atoms with Gasteiger partial charge in [0.1, 0.15) is 0 Å². The van der Waals surface area contributed by atoms with E-state index in [0.717, 1.165) is 0 Å². The van der Waals surface area contributed by atoms with E-state index in [9.17, 15) is 4.79 Å². The molecule has 1 aromatic rings. The zero-order chi connectivity index (χ0) is 14.1. The topological polar surface area (TPSA) is 55.8 Å². The Kier molecular flexibility index (Phi) is 6.96. The number of rotatable bonds is 5. The third-order valence-corrected chi connectivity index (χ3v) is 2.27. The molecule has 0 heterocycles. The van der Waals surface area contributed by atoms with Crippen molar-refractivity contribution < 1.29 is 19.4 Å². The van der Waals surface area contributed by atoms with Gasteiger partial charge in [-0.3, -0.25) is 4.79 Å². The minimum atomic E-state index is -0.942. The van der Waals surface area contributed by atoms with E-state index >= 15 is 0 Å². The molecular weight excluding hydrogens is 232 g/mol. The van der Waals surface area contributed by atoms with E-state index in [1.165, 1.54) is 20.3 Å². The molecule has 18 heavy (non-hydrogen) atoms. The quantitative estimate of drug-likeness (QED) is 0.816. The molecule has 0 bridgehead atoms. The normalized spacial score (nSPS) is 10.6. The van der Waals surface area contributed by atoms with Crippen LogP contribution >= 0.6 is 0 Å². The lowest BCUT2D eigenvalue weighted by Gasteiger charge is -2.12. The molecule has 4 nitrogen and oxygen atoms in total. The van der Waals surface area contributed by atoms with Gasteiger partial charge in [-0.05, 0) is 17.7 Å². The monoisotopic (exact) mass is 250 g/mol. The molecule has 0 radical (unpaired) electrons. The van der Waals surface area contributed by atoms with Crippen LogP contribution in [-0.4, -0.2) is 25.3 Å². The van der Waals surface area contributed by atoms with Gasteiger partial charge < -0.3 is 14.6 Å². The standard InChI is InChI=1S/C12H14O4.C2H4/c1-4-9(12(13)14)8-5-6-10(15-2)11(7-8)16-3;1-2/h4-7,9H,1H2,2-3H3,(H,13,14);1-2H2. The van der Waals surface area contributed by atoms with Crippen LogP contribution in [0.4, 0.5) is 0 Å². The maximum absolute atomic E-state index is 10.9. The lowest BCUT2D eigenvalue weighted by molar-refractivity contribution is -0.137. The van der Waals surface area contributed by atoms with Crippen molar-refractivity contribution in [2.24, 2.45) is 0 Å². The smallest absolute Gasteiger partial charge is 0.314 e. The minimum Gasteiger partial charge on any atom is -0.493 e. The van der Waals surface area contributed by atoms with Gasteiger partial charge in [-0.25, -0.2) is 0 Å². The van der Waals surface area contributed by atoms with Gasteiger partial charge in [0.2, 0.25) is 0 Å². The molecule has 0 saturated carbocycles. The molecule has 1 atom stereocenters. The Morgan fingerprint density at radius 3 is 2.22 bits per heavy atom. The SMILES string of the molecule is C=C.C=CC(C(=O)O)c1ccc(OC)c(OC)c1. The van der Waals surface area contributed by atoms with Crippen molar-refractivity contribution >= 4 is 5.97 Å². The number of carbonyl (C=O) groups is 1. The van der Waals surface area contributed by atoms with E-state index in [1.807, 2.05) is 0 Å². The molecule has 4 heteroatoms. The maximum Gasteiger partial charge on any atom is 0.314 e. The molecule has 0 amide bonds. The van der Waals surface area contributed by atoms with Crippen molar-refractivity contribution in [1.29, 1.82) is 0 Å². The highest BCUT2D eigenvalue weighted by Gasteiger charge is 2.17. The molecule has 1 N–H and O–H groups in total. The third kappa shape index (κ3) is 3.66. The van der Waals surface area contributed by atoms with Crippen LogP contribution in [0.5, 0.6) is 11.5 Å². The Balaban J connectivity index is 0.00000137. The van der Waals surface area contributed by atoms with E-state index in [4.69, 9.17) is 14.6 Å². The Morgan fingerprint density at radius 2 is 1.83 bits per heavy atom. The summed E-state index contributed by atoms with van der Waals surface area (Å²) in [5, 5.41) is 8.97. The van der Waals surface area contributed by atoms with E-state index in [-0.39, 0.29) is 0 Å². The predicted molar refractivity (Wildman–Crippen MR) is 71.4 cm³/mol. The summed E-state index contributed by atoms with van der Waals surface area (Å²) in [4.78, 5) is 10.9. The first-order valence-electron chi connectivity index (χ1n) is 5.21. The van der Waals surface area contributed by atoms with Crippen LogP contribution in [0.25, 0.3) is 0 Å². The highest BCUT2D eigenvalue weighted by molar-refractivity contribution is 5.78. The highest BCUT2D eigenvalue weighted by Crippen LogP contribution is 2.30. The molecule has 98 valence electrons. The largest absolute Gasteiger partial charge is 0.493 e. The number of hydrogen-bond acceptors (Lipinski definition) is 3. The van der Waals surface area contributed by atoms with Crippen LogP contribution in [0, 0.1) is 0 Å². The molecule has 0 aliphatic heterocycles. The van der Waals surface area contributed by atoms with Crippen LogP contribution in [0.15, 0.2) is 44.0 Å². The fourth-order valence-corrected chi connectivity index (χ4v) is 1.43. The Labute approximate surface area is 107 Å². The number of aliphatic carboxylic acids is 1. The van der Waals surface area contributed by atoms with Crippen molar-refractivity contribution in [3.05, 3.63) is 49.6 Å². The summed E-state index contributed by atoms with van der Waals surface area (Å²) in [6, 6.07) is 4.99. The summed E-state index contributed by atoms with van der Waals surface area (Å²) >= 11 is 0. The van der Waals surface area contributed by atoms with E-state index in [1.54, 1.807) is 18.2 Å². The summed E-state index contributed by atoms with van der Waals surface area (Å²) in [6.07, 6.45) is 1.38. The van der Waals surface area contributed by atoms with Gasteiger partial charge >= 0.3 is 5.97 Å². The van der Waals surface area contributed by atoms with Crippen LogP contribution in [0.1, 0.15) is 11.5 Å². The zero-order valence-corrected chi connectivity index (χ0v) is 10.7. The van der Waals surface area contributed by atoms with Gasteiger partial charge in [-0.1, -0.05) is 12.1 Å². The number of methoxy groups -OCH3 is 2. The average Bonchev–Trinajstić information content (AvgIpc) is 2.41. The fourth-order valence-electron chi connectivity index (χ4n) is 1.43. The van der Waals surface area contributed by atoms with Crippen LogP contribution in [0.2, 0.25) is 0 Å². The molecule has 0 aliphatic rings. The van der Waals surface area contributed by atoms with E-state index < -0.39 is 11.9 Å². The summed E-state index contributed by atoms with van der Waals surface area (Å²) in [5.41, 5.74) is 0.611. The Morgan fingerprint density at radius 1 is 1.28 bits per heavy atom. The molecule has 1 rings (SSSR count). The maximum atomic E-state index is 10.9. The lowest BCUT2D eigenvalue weighted by Crippen LogP contribution is -2.08. The number of ether oxygens (including phenoxy) is 2. The first kappa shape index (κ1) is 15.8. The highest BCUT2D eigenvalue weighted by atomic mass is 16.5.